The largest absolute Gasteiger partial charge is 0.379 e. The van der Waals surface area contributed by atoms with Gasteiger partial charge in [-0.25, -0.2) is 20.2 Å². The predicted molar refractivity (Wildman–Crippen MR) is 48.8 cm³/mol. The molecule has 0 amide bonds. The number of hydrogen-bond donors (Lipinski definition) is 2. The van der Waals surface area contributed by atoms with Crippen LogP contribution in [-0.2, 0) is 0 Å². The van der Waals surface area contributed by atoms with Crippen molar-refractivity contribution in [3.05, 3.63) is 20.2 Å². The van der Waals surface area contributed by atoms with Gasteiger partial charge in [-0.3, -0.25) is 0 Å². The first-order valence-electron chi connectivity index (χ1n) is 4.04. The third-order valence-electron chi connectivity index (χ3n) is 1.43. The Hall–Kier alpha value is -3.32. The quantitative estimate of drug-likeness (QED) is 0.508. The third-order valence-corrected chi connectivity index (χ3v) is 1.43. The van der Waals surface area contributed by atoms with E-state index in [9.17, 15) is 20.2 Å². The molecule has 0 saturated carbocycles. The van der Waals surface area contributed by atoms with Crippen LogP contribution in [0, 0.1) is 20.2 Å². The first kappa shape index (κ1) is 11.2. The van der Waals surface area contributed by atoms with E-state index < -0.39 is 22.1 Å². The van der Waals surface area contributed by atoms with Crippen molar-refractivity contribution in [2.45, 2.75) is 0 Å². The first-order chi connectivity index (χ1) is 8.54. The van der Waals surface area contributed by atoms with E-state index in [0.29, 0.717) is 0 Å². The lowest BCUT2D eigenvalue weighted by Crippen LogP contribution is -2.08. The Labute approximate surface area is 95.2 Å². The minimum atomic E-state index is -0.909. The molecule has 0 bridgehead atoms. The van der Waals surface area contributed by atoms with Crippen molar-refractivity contribution in [3.8, 4) is 11.6 Å². The van der Waals surface area contributed by atoms with Crippen LogP contribution in [0.25, 0.3) is 11.6 Å². The fourth-order valence-corrected chi connectivity index (χ4v) is 0.876. The monoisotopic (exact) mass is 258 g/mol. The molecule has 0 saturated heterocycles. The highest BCUT2D eigenvalue weighted by atomic mass is 16.7. The fourth-order valence-electron chi connectivity index (χ4n) is 0.876. The zero-order valence-electron chi connectivity index (χ0n) is 8.13. The van der Waals surface area contributed by atoms with E-state index in [1.165, 1.54) is 0 Å². The van der Waals surface area contributed by atoms with Crippen LogP contribution in [-0.4, -0.2) is 30.3 Å². The van der Waals surface area contributed by atoms with E-state index in [4.69, 9.17) is 0 Å². The van der Waals surface area contributed by atoms with Crippen molar-refractivity contribution >= 4 is 12.0 Å². The normalized spacial score (nSPS) is 10.0. The Morgan fingerprint density at radius 1 is 0.889 bits per heavy atom. The lowest BCUT2D eigenvalue weighted by Gasteiger charge is -1.84. The minimum Gasteiger partial charge on any atom is -0.309 e. The molecule has 2 aromatic rings. The van der Waals surface area contributed by atoms with Gasteiger partial charge in [0.05, 0.1) is 0 Å². The summed E-state index contributed by atoms with van der Waals surface area (Å²) in [5.41, 5.74) is 3.21. The summed E-state index contributed by atoms with van der Waals surface area (Å²) < 4.78 is 8.86. The topological polar surface area (TPSA) is 188 Å². The molecule has 14 heteroatoms. The molecule has 94 valence electrons. The van der Waals surface area contributed by atoms with Crippen LogP contribution in [0.3, 0.4) is 0 Å². The molecule has 2 aromatic heterocycles. The van der Waals surface area contributed by atoms with Crippen LogP contribution in [0.4, 0.5) is 12.0 Å². The SMILES string of the molecule is O=[N+]([O-])Nc1nc(-c2noc(N[N+](=O)[O-])n2)no1. The number of nitrogens with one attached hydrogen (secondary N) is 2. The standard InChI is InChI=1S/C4H2N8O6/c13-11(14)7-3-5-1(9-17-3)2-6-4(18-10-2)8-12(15)16/h(H,5,7,9)(H,6,8,10). The second-order valence-electron chi connectivity index (χ2n) is 2.58. The maximum atomic E-state index is 10.1. The number of aromatic nitrogens is 4. The highest BCUT2D eigenvalue weighted by Gasteiger charge is 2.18. The average Bonchev–Trinajstić information content (AvgIpc) is 2.85. The summed E-state index contributed by atoms with van der Waals surface area (Å²) in [5, 5.41) is 24.9. The van der Waals surface area contributed by atoms with Gasteiger partial charge in [-0.15, -0.1) is 0 Å². The summed E-state index contributed by atoms with van der Waals surface area (Å²) in [4.78, 5) is 27.1. The van der Waals surface area contributed by atoms with Crippen molar-refractivity contribution in [2.24, 2.45) is 0 Å². The molecule has 2 N–H and O–H groups in total. The molecule has 0 aliphatic rings. The van der Waals surface area contributed by atoms with Crippen molar-refractivity contribution in [1.82, 2.24) is 20.3 Å². The Morgan fingerprint density at radius 3 is 1.61 bits per heavy atom. The van der Waals surface area contributed by atoms with Gasteiger partial charge in [0.1, 0.15) is 0 Å². The zero-order chi connectivity index (χ0) is 13.1. The number of hydrogen-bond acceptors (Lipinski definition) is 10. The second kappa shape index (κ2) is 4.28. The summed E-state index contributed by atoms with van der Waals surface area (Å²) in [6, 6.07) is -0.993. The molecule has 2 heterocycles. The molecule has 0 unspecified atom stereocenters. The molecule has 0 aromatic carbocycles. The van der Waals surface area contributed by atoms with Gasteiger partial charge in [0.15, 0.2) is 10.1 Å². The van der Waals surface area contributed by atoms with Gasteiger partial charge in [0, 0.05) is 0 Å². The predicted octanol–water partition coefficient (Wildman–Crippen LogP) is -0.673. The molecule has 14 nitrogen and oxygen atoms in total. The van der Waals surface area contributed by atoms with Gasteiger partial charge in [-0.2, -0.15) is 9.97 Å². The molecule has 0 aliphatic carbocycles. The van der Waals surface area contributed by atoms with Gasteiger partial charge in [-0.1, -0.05) is 21.2 Å². The van der Waals surface area contributed by atoms with Crippen LogP contribution in [0.2, 0.25) is 0 Å². The van der Waals surface area contributed by atoms with Crippen molar-refractivity contribution < 1.29 is 19.1 Å². The van der Waals surface area contributed by atoms with Crippen LogP contribution in [0.15, 0.2) is 9.05 Å². The molecule has 0 aliphatic heterocycles. The van der Waals surface area contributed by atoms with Gasteiger partial charge in [0.2, 0.25) is 11.6 Å². The maximum Gasteiger partial charge on any atom is 0.379 e. The van der Waals surface area contributed by atoms with Gasteiger partial charge in [-0.05, 0) is 0 Å². The van der Waals surface area contributed by atoms with E-state index >= 15 is 0 Å². The van der Waals surface area contributed by atoms with E-state index in [0.717, 1.165) is 0 Å². The Balaban J connectivity index is 2.15. The van der Waals surface area contributed by atoms with E-state index in [-0.39, 0.29) is 11.6 Å². The Morgan fingerprint density at radius 2 is 1.28 bits per heavy atom. The van der Waals surface area contributed by atoms with Gasteiger partial charge >= 0.3 is 12.0 Å². The minimum absolute atomic E-state index is 0.237. The summed E-state index contributed by atoms with van der Waals surface area (Å²) in [7, 11) is 0. The Kier molecular flexibility index (Phi) is 2.65. The number of nitro groups is 2. The summed E-state index contributed by atoms with van der Waals surface area (Å²) >= 11 is 0. The molecule has 18 heavy (non-hydrogen) atoms. The van der Waals surface area contributed by atoms with Crippen LogP contribution in [0.5, 0.6) is 0 Å². The lowest BCUT2D eigenvalue weighted by atomic mass is 10.6. The van der Waals surface area contributed by atoms with Crippen molar-refractivity contribution in [2.75, 3.05) is 10.9 Å². The number of hydrazine groups is 2. The van der Waals surface area contributed by atoms with Crippen LogP contribution < -0.4 is 10.9 Å². The number of rotatable bonds is 5. The summed E-state index contributed by atoms with van der Waals surface area (Å²) in [6.07, 6.45) is 0. The number of nitrogens with zero attached hydrogens (tertiary/aromatic N) is 6. The van der Waals surface area contributed by atoms with Crippen molar-refractivity contribution in [3.63, 3.8) is 0 Å². The van der Waals surface area contributed by atoms with Crippen LogP contribution >= 0.6 is 0 Å². The third kappa shape index (κ3) is 2.43. The maximum absolute atomic E-state index is 10.1. The average molecular weight is 258 g/mol. The van der Waals surface area contributed by atoms with Gasteiger partial charge < -0.3 is 9.05 Å². The van der Waals surface area contributed by atoms with Crippen molar-refractivity contribution in [1.29, 1.82) is 0 Å². The summed E-state index contributed by atoms with van der Waals surface area (Å²) in [5.74, 6) is -0.473. The number of anilines is 2. The van der Waals surface area contributed by atoms with E-state index in [1.54, 1.807) is 10.9 Å². The second-order valence-corrected chi connectivity index (χ2v) is 2.58. The first-order valence-corrected chi connectivity index (χ1v) is 4.04. The van der Waals surface area contributed by atoms with Gasteiger partial charge in [0.25, 0.3) is 0 Å². The fraction of sp³-hybridized carbons (Fsp3) is 0. The highest BCUT2D eigenvalue weighted by Crippen LogP contribution is 2.15. The van der Waals surface area contributed by atoms with Crippen LogP contribution in [0.1, 0.15) is 0 Å². The lowest BCUT2D eigenvalue weighted by molar-refractivity contribution is -0.447. The highest BCUT2D eigenvalue weighted by molar-refractivity contribution is 5.44. The molecule has 0 fully saturated rings. The smallest absolute Gasteiger partial charge is 0.309 e. The molecule has 0 spiro atoms. The zero-order valence-corrected chi connectivity index (χ0v) is 8.13. The molecular formula is C4H2N8O6. The molecule has 0 atom stereocenters. The molecular weight excluding hydrogens is 256 g/mol. The summed E-state index contributed by atoms with van der Waals surface area (Å²) in [6.45, 7) is 0. The van der Waals surface area contributed by atoms with E-state index in [2.05, 4.69) is 29.3 Å². The Bertz CT molecular complexity index is 536. The molecule has 2 rings (SSSR count). The van der Waals surface area contributed by atoms with E-state index in [1.807, 2.05) is 0 Å². The molecule has 0 radical (unpaired) electrons.